The fourth-order valence-corrected chi connectivity index (χ4v) is 4.60. The van der Waals surface area contributed by atoms with Crippen molar-refractivity contribution >= 4 is 28.0 Å². The van der Waals surface area contributed by atoms with Crippen LogP contribution in [0.15, 0.2) is 62.4 Å². The molecule has 184 valence electrons. The molecule has 2 aliphatic rings. The van der Waals surface area contributed by atoms with Gasteiger partial charge in [0.05, 0.1) is 11.6 Å². The molecule has 0 bridgehead atoms. The van der Waals surface area contributed by atoms with E-state index in [0.29, 0.717) is 55.5 Å². The summed E-state index contributed by atoms with van der Waals surface area (Å²) >= 11 is 3.31. The molecular weight excluding hydrogens is 544 g/mol. The van der Waals surface area contributed by atoms with Crippen molar-refractivity contribution in [3.05, 3.63) is 64.1 Å². The fourth-order valence-electron chi connectivity index (χ4n) is 4.14. The van der Waals surface area contributed by atoms with Crippen molar-refractivity contribution in [2.45, 2.75) is 0 Å². The van der Waals surface area contributed by atoms with E-state index in [1.807, 2.05) is 12.1 Å². The molecule has 1 N–H and O–H groups in total. The number of benzene rings is 3. The van der Waals surface area contributed by atoms with E-state index in [0.717, 1.165) is 0 Å². The molecule has 0 aliphatic carbocycles. The molecule has 0 fully saturated rings. The minimum Gasteiger partial charge on any atom is -0.503 e. The summed E-state index contributed by atoms with van der Waals surface area (Å²) in [5.74, 6) is 3.21. The highest BCUT2D eigenvalue weighted by atomic mass is 79.9. The summed E-state index contributed by atoms with van der Waals surface area (Å²) < 4.78 is 33.8. The van der Waals surface area contributed by atoms with Crippen molar-refractivity contribution < 1.29 is 33.2 Å². The van der Waals surface area contributed by atoms with E-state index in [-0.39, 0.29) is 36.5 Å². The predicted octanol–water partition coefficient (Wildman–Crippen LogP) is 6.17. The molecule has 6 rings (SSSR count). The van der Waals surface area contributed by atoms with Crippen molar-refractivity contribution in [3.63, 3.8) is 0 Å². The maximum absolute atomic E-state index is 10.2. The Morgan fingerprint density at radius 3 is 2.27 bits per heavy atom. The summed E-state index contributed by atoms with van der Waals surface area (Å²) in [6.45, 7) is 0.266. The molecule has 3 heterocycles. The standard InChI is InChI=1S/C27H17BrN2O7/c1-32-23-7-14(6-18(28)25(23)31)11-30-27-17(10-29)24(15-2-4-19-21(8-15)35-12-33-19)26(37-27)16-3-5-20-22(9-16)36-13-34-20/h2-9,11,31H,12-13H2,1H3. The van der Waals surface area contributed by atoms with Gasteiger partial charge in [-0.3, -0.25) is 0 Å². The molecule has 3 aromatic carbocycles. The van der Waals surface area contributed by atoms with Crippen LogP contribution >= 0.6 is 15.9 Å². The summed E-state index contributed by atoms with van der Waals surface area (Å²) in [4.78, 5) is 4.49. The van der Waals surface area contributed by atoms with Crippen molar-refractivity contribution in [1.29, 1.82) is 5.26 Å². The van der Waals surface area contributed by atoms with Gasteiger partial charge in [-0.15, -0.1) is 0 Å². The zero-order chi connectivity index (χ0) is 25.5. The number of furan rings is 1. The van der Waals surface area contributed by atoms with Gasteiger partial charge in [-0.05, 0) is 69.5 Å². The lowest BCUT2D eigenvalue weighted by Crippen LogP contribution is -1.93. The fraction of sp³-hybridized carbons (Fsp3) is 0.111. The van der Waals surface area contributed by atoms with Gasteiger partial charge in [-0.25, -0.2) is 4.99 Å². The number of phenols is 1. The monoisotopic (exact) mass is 560 g/mol. The molecule has 10 heteroatoms. The minimum atomic E-state index is -0.0226. The number of ether oxygens (including phenoxy) is 5. The number of nitriles is 1. The van der Waals surface area contributed by atoms with E-state index in [9.17, 15) is 10.4 Å². The van der Waals surface area contributed by atoms with Crippen LogP contribution < -0.4 is 23.7 Å². The smallest absolute Gasteiger partial charge is 0.238 e. The summed E-state index contributed by atoms with van der Waals surface area (Å²) in [6.07, 6.45) is 1.53. The molecular formula is C27H17BrN2O7. The number of fused-ring (bicyclic) bond motifs is 2. The van der Waals surface area contributed by atoms with E-state index in [2.05, 4.69) is 27.0 Å². The molecule has 37 heavy (non-hydrogen) atoms. The van der Waals surface area contributed by atoms with Gasteiger partial charge in [0.25, 0.3) is 0 Å². The number of aromatic hydroxyl groups is 1. The molecule has 1 aromatic heterocycles. The van der Waals surface area contributed by atoms with Gasteiger partial charge < -0.3 is 33.2 Å². The summed E-state index contributed by atoms with van der Waals surface area (Å²) in [6, 6.07) is 16.4. The average molecular weight is 561 g/mol. The molecule has 0 spiro atoms. The molecule has 9 nitrogen and oxygen atoms in total. The number of hydrogen-bond donors (Lipinski definition) is 1. The number of hydrogen-bond acceptors (Lipinski definition) is 9. The first-order valence-corrected chi connectivity index (χ1v) is 11.8. The largest absolute Gasteiger partial charge is 0.503 e. The van der Waals surface area contributed by atoms with Crippen LogP contribution in [0.25, 0.3) is 22.5 Å². The first-order valence-electron chi connectivity index (χ1n) is 11.0. The quantitative estimate of drug-likeness (QED) is 0.288. The highest BCUT2D eigenvalue weighted by molar-refractivity contribution is 9.10. The van der Waals surface area contributed by atoms with E-state index in [1.165, 1.54) is 13.3 Å². The molecule has 0 radical (unpaired) electrons. The Morgan fingerprint density at radius 2 is 1.59 bits per heavy atom. The Balaban J connectivity index is 1.51. The Morgan fingerprint density at radius 1 is 0.946 bits per heavy atom. The number of phenolic OH excluding ortho intramolecular Hbond substituents is 1. The molecule has 0 unspecified atom stereocenters. The molecule has 0 amide bonds. The van der Waals surface area contributed by atoms with Crippen LogP contribution in [0.1, 0.15) is 11.1 Å². The van der Waals surface area contributed by atoms with Crippen molar-refractivity contribution in [2.75, 3.05) is 20.7 Å². The highest BCUT2D eigenvalue weighted by Gasteiger charge is 2.26. The molecule has 4 aromatic rings. The number of halogens is 1. The third-order valence-electron chi connectivity index (χ3n) is 5.90. The van der Waals surface area contributed by atoms with E-state index in [1.54, 1.807) is 36.4 Å². The second-order valence-electron chi connectivity index (χ2n) is 8.05. The Labute approximate surface area is 219 Å². The molecule has 2 aliphatic heterocycles. The van der Waals surface area contributed by atoms with Crippen LogP contribution in [0.4, 0.5) is 5.88 Å². The lowest BCUT2D eigenvalue weighted by Gasteiger charge is -2.06. The van der Waals surface area contributed by atoms with Crippen LogP contribution in [0.5, 0.6) is 34.5 Å². The zero-order valence-electron chi connectivity index (χ0n) is 19.3. The lowest BCUT2D eigenvalue weighted by molar-refractivity contribution is 0.173. The highest BCUT2D eigenvalue weighted by Crippen LogP contribution is 2.47. The summed E-state index contributed by atoms with van der Waals surface area (Å²) in [5, 5.41) is 20.3. The first-order chi connectivity index (χ1) is 18.1. The summed E-state index contributed by atoms with van der Waals surface area (Å²) in [5.41, 5.74) is 2.80. The molecule has 0 saturated heterocycles. The second-order valence-corrected chi connectivity index (χ2v) is 8.90. The SMILES string of the molecule is COc1cc(C=Nc2oc(-c3ccc4c(c3)OCO4)c(-c3ccc4c(c3)OCO4)c2C#N)cc(Br)c1O. The van der Waals surface area contributed by atoms with Crippen LogP contribution in [0.3, 0.4) is 0 Å². The summed E-state index contributed by atoms with van der Waals surface area (Å²) in [7, 11) is 1.46. The number of nitrogens with zero attached hydrogens (tertiary/aromatic N) is 2. The van der Waals surface area contributed by atoms with Gasteiger partial charge in [0, 0.05) is 17.3 Å². The Kier molecular flexibility index (Phi) is 5.62. The second kappa shape index (κ2) is 9.11. The third kappa shape index (κ3) is 3.99. The van der Waals surface area contributed by atoms with Gasteiger partial charge in [0.1, 0.15) is 17.4 Å². The number of rotatable bonds is 5. The maximum atomic E-state index is 10.2. The lowest BCUT2D eigenvalue weighted by atomic mass is 9.97. The molecule has 0 saturated carbocycles. The Hall–Kier alpha value is -4.62. The minimum absolute atomic E-state index is 0.0226. The zero-order valence-corrected chi connectivity index (χ0v) is 20.9. The van der Waals surface area contributed by atoms with Crippen LogP contribution in [0, 0.1) is 11.3 Å². The normalized spacial score (nSPS) is 13.2. The number of methoxy groups -OCH3 is 1. The maximum Gasteiger partial charge on any atom is 0.238 e. The van der Waals surface area contributed by atoms with Crippen molar-refractivity contribution in [1.82, 2.24) is 0 Å². The van der Waals surface area contributed by atoms with E-state index in [4.69, 9.17) is 28.1 Å². The first kappa shape index (κ1) is 22.8. The van der Waals surface area contributed by atoms with E-state index >= 15 is 0 Å². The van der Waals surface area contributed by atoms with Crippen molar-refractivity contribution in [2.24, 2.45) is 4.99 Å². The topological polar surface area (TPSA) is 116 Å². The van der Waals surface area contributed by atoms with Crippen molar-refractivity contribution in [3.8, 4) is 63.0 Å². The van der Waals surface area contributed by atoms with Gasteiger partial charge >= 0.3 is 0 Å². The molecule has 0 atom stereocenters. The van der Waals surface area contributed by atoms with Gasteiger partial charge in [-0.2, -0.15) is 5.26 Å². The van der Waals surface area contributed by atoms with Gasteiger partial charge in [0.2, 0.25) is 19.5 Å². The average Bonchev–Trinajstić information content (AvgIpc) is 3.66. The predicted molar refractivity (Wildman–Crippen MR) is 136 cm³/mol. The third-order valence-corrected chi connectivity index (χ3v) is 6.50. The van der Waals surface area contributed by atoms with Crippen LogP contribution in [0.2, 0.25) is 0 Å². The van der Waals surface area contributed by atoms with Crippen LogP contribution in [-0.4, -0.2) is 32.0 Å². The number of aliphatic imine (C=N–C) groups is 1. The van der Waals surface area contributed by atoms with E-state index < -0.39 is 0 Å². The van der Waals surface area contributed by atoms with Crippen LogP contribution in [-0.2, 0) is 0 Å². The van der Waals surface area contributed by atoms with Gasteiger partial charge in [-0.1, -0.05) is 6.07 Å². The Bertz CT molecular complexity index is 1620. The van der Waals surface area contributed by atoms with Gasteiger partial charge in [0.15, 0.2) is 34.5 Å².